The molecule has 2 aromatic carbocycles. The standard InChI is InChI=1S/C21H22N4O3S/c1-3-14(2)22-19(26)15-9-11-16(12-10-15)23-20(27)21-25-24-18(29-21)13-28-17-7-5-4-6-8-17/h4-12,14H,3,13H2,1-2H3,(H,22,26)(H,23,27)/t14-/m1/s1. The van der Waals surface area contributed by atoms with Gasteiger partial charge in [-0.05, 0) is 49.7 Å². The van der Waals surface area contributed by atoms with Gasteiger partial charge >= 0.3 is 0 Å². The lowest BCUT2D eigenvalue weighted by molar-refractivity contribution is 0.0938. The van der Waals surface area contributed by atoms with Crippen LogP contribution in [0.3, 0.4) is 0 Å². The molecule has 29 heavy (non-hydrogen) atoms. The average Bonchev–Trinajstić information content (AvgIpc) is 3.22. The Morgan fingerprint density at radius 1 is 1.03 bits per heavy atom. The highest BCUT2D eigenvalue weighted by Crippen LogP contribution is 2.17. The Balaban J connectivity index is 1.55. The van der Waals surface area contributed by atoms with Gasteiger partial charge in [-0.3, -0.25) is 9.59 Å². The van der Waals surface area contributed by atoms with E-state index in [0.29, 0.717) is 16.3 Å². The molecule has 7 nitrogen and oxygen atoms in total. The Bertz CT molecular complexity index is 958. The van der Waals surface area contributed by atoms with Gasteiger partial charge in [-0.1, -0.05) is 36.5 Å². The molecular formula is C21H22N4O3S. The zero-order valence-electron chi connectivity index (χ0n) is 16.2. The number of amides is 2. The molecule has 0 bridgehead atoms. The van der Waals surface area contributed by atoms with Crippen molar-refractivity contribution in [2.45, 2.75) is 32.9 Å². The van der Waals surface area contributed by atoms with E-state index in [0.717, 1.165) is 12.2 Å². The van der Waals surface area contributed by atoms with E-state index in [1.807, 2.05) is 44.2 Å². The highest BCUT2D eigenvalue weighted by atomic mass is 32.1. The van der Waals surface area contributed by atoms with E-state index in [1.165, 1.54) is 11.3 Å². The first-order valence-corrected chi connectivity index (χ1v) is 10.1. The summed E-state index contributed by atoms with van der Waals surface area (Å²) in [7, 11) is 0. The second kappa shape index (κ2) is 9.79. The molecule has 3 rings (SSSR count). The molecule has 3 aromatic rings. The summed E-state index contributed by atoms with van der Waals surface area (Å²) in [5.74, 6) is 0.237. The number of aromatic nitrogens is 2. The summed E-state index contributed by atoms with van der Waals surface area (Å²) >= 11 is 1.17. The Morgan fingerprint density at radius 3 is 2.45 bits per heavy atom. The van der Waals surface area contributed by atoms with Crippen LogP contribution in [0.1, 0.15) is 45.4 Å². The summed E-state index contributed by atoms with van der Waals surface area (Å²) in [6, 6.07) is 16.2. The minimum Gasteiger partial charge on any atom is -0.486 e. The number of hydrogen-bond donors (Lipinski definition) is 2. The number of anilines is 1. The van der Waals surface area contributed by atoms with Gasteiger partial charge < -0.3 is 15.4 Å². The monoisotopic (exact) mass is 410 g/mol. The van der Waals surface area contributed by atoms with E-state index >= 15 is 0 Å². The van der Waals surface area contributed by atoms with Crippen LogP contribution < -0.4 is 15.4 Å². The molecule has 2 N–H and O–H groups in total. The number of carbonyl (C=O) groups is 2. The summed E-state index contributed by atoms with van der Waals surface area (Å²) in [5, 5.41) is 14.4. The Kier molecular flexibility index (Phi) is 6.91. The fourth-order valence-corrected chi connectivity index (χ4v) is 3.01. The van der Waals surface area contributed by atoms with Crippen molar-refractivity contribution in [3.63, 3.8) is 0 Å². The third-order valence-electron chi connectivity index (χ3n) is 4.16. The van der Waals surface area contributed by atoms with E-state index in [9.17, 15) is 9.59 Å². The number of benzene rings is 2. The van der Waals surface area contributed by atoms with E-state index in [2.05, 4.69) is 20.8 Å². The van der Waals surface area contributed by atoms with Gasteiger partial charge in [0.2, 0.25) is 5.01 Å². The molecule has 2 amide bonds. The molecule has 8 heteroatoms. The van der Waals surface area contributed by atoms with Crippen molar-refractivity contribution in [2.75, 3.05) is 5.32 Å². The summed E-state index contributed by atoms with van der Waals surface area (Å²) in [6.07, 6.45) is 0.861. The maximum absolute atomic E-state index is 12.4. The molecule has 150 valence electrons. The van der Waals surface area contributed by atoms with E-state index in [4.69, 9.17) is 4.74 Å². The Morgan fingerprint density at radius 2 is 1.76 bits per heavy atom. The first-order chi connectivity index (χ1) is 14.0. The van der Waals surface area contributed by atoms with Gasteiger partial charge in [-0.15, -0.1) is 10.2 Å². The summed E-state index contributed by atoms with van der Waals surface area (Å²) in [4.78, 5) is 24.5. The van der Waals surface area contributed by atoms with Gasteiger partial charge in [-0.25, -0.2) is 0 Å². The van der Waals surface area contributed by atoms with Crippen LogP contribution >= 0.6 is 11.3 Å². The van der Waals surface area contributed by atoms with Gasteiger partial charge in [0.25, 0.3) is 11.8 Å². The average molecular weight is 410 g/mol. The van der Waals surface area contributed by atoms with Crippen molar-refractivity contribution >= 4 is 28.8 Å². The van der Waals surface area contributed by atoms with E-state index in [1.54, 1.807) is 24.3 Å². The molecule has 0 unspecified atom stereocenters. The molecule has 0 saturated carbocycles. The molecular weight excluding hydrogens is 388 g/mol. The number of rotatable bonds is 8. The maximum atomic E-state index is 12.4. The molecule has 0 spiro atoms. The molecule has 0 fully saturated rings. The van der Waals surface area contributed by atoms with Gasteiger partial charge in [0.15, 0.2) is 5.01 Å². The summed E-state index contributed by atoms with van der Waals surface area (Å²) < 4.78 is 5.61. The molecule has 0 aliphatic carbocycles. The Hall–Kier alpha value is -3.26. The van der Waals surface area contributed by atoms with Crippen molar-refractivity contribution in [3.8, 4) is 5.75 Å². The van der Waals surface area contributed by atoms with Crippen LogP contribution in [-0.2, 0) is 6.61 Å². The quantitative estimate of drug-likeness (QED) is 0.587. The SMILES string of the molecule is CC[C@@H](C)NC(=O)c1ccc(NC(=O)c2nnc(COc3ccccc3)s2)cc1. The van der Waals surface area contributed by atoms with Crippen molar-refractivity contribution < 1.29 is 14.3 Å². The van der Waals surface area contributed by atoms with Gasteiger partial charge in [0, 0.05) is 17.3 Å². The van der Waals surface area contributed by atoms with E-state index in [-0.39, 0.29) is 29.5 Å². The van der Waals surface area contributed by atoms with Crippen LogP contribution in [0.4, 0.5) is 5.69 Å². The number of nitrogens with zero attached hydrogens (tertiary/aromatic N) is 2. The topological polar surface area (TPSA) is 93.2 Å². The fraction of sp³-hybridized carbons (Fsp3) is 0.238. The molecule has 0 saturated heterocycles. The number of carbonyl (C=O) groups excluding carboxylic acids is 2. The number of para-hydroxylation sites is 1. The van der Waals surface area contributed by atoms with Crippen molar-refractivity contribution in [3.05, 3.63) is 70.2 Å². The minimum absolute atomic E-state index is 0.111. The molecule has 1 atom stereocenters. The molecule has 0 aliphatic heterocycles. The predicted octanol–water partition coefficient (Wildman–Crippen LogP) is 3.90. The first kappa shape index (κ1) is 20.5. The molecule has 1 heterocycles. The Labute approximate surface area is 173 Å². The second-order valence-electron chi connectivity index (χ2n) is 6.42. The fourth-order valence-electron chi connectivity index (χ4n) is 2.36. The predicted molar refractivity (Wildman–Crippen MR) is 112 cm³/mol. The van der Waals surface area contributed by atoms with Gasteiger partial charge in [0.05, 0.1) is 0 Å². The zero-order chi connectivity index (χ0) is 20.6. The summed E-state index contributed by atoms with van der Waals surface area (Å²) in [5.41, 5.74) is 1.12. The highest BCUT2D eigenvalue weighted by Gasteiger charge is 2.14. The third-order valence-corrected chi connectivity index (χ3v) is 5.06. The van der Waals surface area contributed by atoms with Crippen LogP contribution in [-0.4, -0.2) is 28.1 Å². The third kappa shape index (κ3) is 5.86. The first-order valence-electron chi connectivity index (χ1n) is 9.27. The lowest BCUT2D eigenvalue weighted by Crippen LogP contribution is -2.31. The lowest BCUT2D eigenvalue weighted by atomic mass is 10.1. The number of nitrogens with one attached hydrogen (secondary N) is 2. The van der Waals surface area contributed by atoms with Crippen molar-refractivity contribution in [1.29, 1.82) is 0 Å². The van der Waals surface area contributed by atoms with Crippen LogP contribution in [0.15, 0.2) is 54.6 Å². The number of ether oxygens (including phenoxy) is 1. The smallest absolute Gasteiger partial charge is 0.286 e. The number of hydrogen-bond acceptors (Lipinski definition) is 6. The van der Waals surface area contributed by atoms with Crippen LogP contribution in [0.2, 0.25) is 0 Å². The molecule has 1 aromatic heterocycles. The second-order valence-corrected chi connectivity index (χ2v) is 7.48. The van der Waals surface area contributed by atoms with Crippen LogP contribution in [0.5, 0.6) is 5.75 Å². The highest BCUT2D eigenvalue weighted by molar-refractivity contribution is 7.13. The lowest BCUT2D eigenvalue weighted by Gasteiger charge is -2.11. The maximum Gasteiger partial charge on any atom is 0.286 e. The van der Waals surface area contributed by atoms with Crippen molar-refractivity contribution in [2.24, 2.45) is 0 Å². The van der Waals surface area contributed by atoms with Crippen molar-refractivity contribution in [1.82, 2.24) is 15.5 Å². The molecule has 0 radical (unpaired) electrons. The summed E-state index contributed by atoms with van der Waals surface area (Å²) in [6.45, 7) is 4.21. The van der Waals surface area contributed by atoms with Gasteiger partial charge in [-0.2, -0.15) is 0 Å². The largest absolute Gasteiger partial charge is 0.486 e. The van der Waals surface area contributed by atoms with Gasteiger partial charge in [0.1, 0.15) is 12.4 Å². The minimum atomic E-state index is -0.356. The zero-order valence-corrected chi connectivity index (χ0v) is 17.0. The van der Waals surface area contributed by atoms with E-state index < -0.39 is 0 Å². The normalized spacial score (nSPS) is 11.5. The van der Waals surface area contributed by atoms with Crippen LogP contribution in [0, 0.1) is 0 Å². The molecule has 0 aliphatic rings. The van der Waals surface area contributed by atoms with Crippen LogP contribution in [0.25, 0.3) is 0 Å².